The average Bonchev–Trinajstić information content (AvgIpc) is 2.88. The third kappa shape index (κ3) is 2.78. The Hall–Kier alpha value is -2.34. The van der Waals surface area contributed by atoms with Crippen LogP contribution in [0.2, 0.25) is 0 Å². The second kappa shape index (κ2) is 5.34. The van der Waals surface area contributed by atoms with Gasteiger partial charge in [0.1, 0.15) is 11.4 Å². The molecule has 2 aromatic rings. The standard InChI is InChI=1S/C11HF11N2/c12-4-5(13)7(15)9(8(16)6(4)14)24-3(11(20,21)22)1-2(23-24)10(17,18)19/h1H. The molecular formula is C11HF11N2. The van der Waals surface area contributed by atoms with Gasteiger partial charge in [-0.1, -0.05) is 0 Å². The summed E-state index contributed by atoms with van der Waals surface area (Å²) in [5.74, 6) is -13.5. The highest BCUT2D eigenvalue weighted by molar-refractivity contribution is 5.39. The van der Waals surface area contributed by atoms with Gasteiger partial charge in [-0.2, -0.15) is 31.4 Å². The maximum Gasteiger partial charge on any atom is 0.435 e. The van der Waals surface area contributed by atoms with Gasteiger partial charge in [0.2, 0.25) is 5.82 Å². The number of halogens is 11. The molecule has 0 spiro atoms. The van der Waals surface area contributed by atoms with Crippen LogP contribution in [0.4, 0.5) is 48.3 Å². The molecule has 0 unspecified atom stereocenters. The van der Waals surface area contributed by atoms with Gasteiger partial charge in [-0.3, -0.25) is 0 Å². The number of alkyl halides is 6. The topological polar surface area (TPSA) is 17.8 Å². The van der Waals surface area contributed by atoms with Crippen LogP contribution < -0.4 is 0 Å². The fourth-order valence-corrected chi connectivity index (χ4v) is 1.67. The summed E-state index contributed by atoms with van der Waals surface area (Å²) in [7, 11) is 0. The van der Waals surface area contributed by atoms with Gasteiger partial charge in [-0.15, -0.1) is 0 Å². The van der Waals surface area contributed by atoms with Crippen molar-refractivity contribution in [2.45, 2.75) is 12.4 Å². The molecule has 0 aliphatic carbocycles. The molecule has 0 fully saturated rings. The van der Waals surface area contributed by atoms with Gasteiger partial charge in [0.05, 0.1) is 0 Å². The summed E-state index contributed by atoms with van der Waals surface area (Å²) in [5, 5.41) is 2.29. The Bertz CT molecular complexity index is 771. The highest BCUT2D eigenvalue weighted by Gasteiger charge is 2.43. The quantitative estimate of drug-likeness (QED) is 0.408. The van der Waals surface area contributed by atoms with E-state index in [1.54, 1.807) is 0 Å². The lowest BCUT2D eigenvalue weighted by atomic mass is 10.2. The van der Waals surface area contributed by atoms with E-state index in [1.807, 2.05) is 0 Å². The van der Waals surface area contributed by atoms with Gasteiger partial charge in [0, 0.05) is 6.07 Å². The van der Waals surface area contributed by atoms with Crippen LogP contribution in [0.15, 0.2) is 6.07 Å². The van der Waals surface area contributed by atoms with Crippen molar-refractivity contribution in [1.82, 2.24) is 9.78 Å². The summed E-state index contributed by atoms with van der Waals surface area (Å²) < 4.78 is 141. The van der Waals surface area contributed by atoms with Gasteiger partial charge in [0.25, 0.3) is 0 Å². The molecule has 0 bridgehead atoms. The van der Waals surface area contributed by atoms with Crippen LogP contribution in [0.3, 0.4) is 0 Å². The molecule has 2 nitrogen and oxygen atoms in total. The molecule has 1 aromatic heterocycles. The summed E-state index contributed by atoms with van der Waals surface area (Å²) in [4.78, 5) is 0. The van der Waals surface area contributed by atoms with Crippen molar-refractivity contribution in [2.75, 3.05) is 0 Å². The van der Waals surface area contributed by atoms with E-state index in [0.29, 0.717) is 0 Å². The molecule has 2 rings (SSSR count). The number of nitrogens with zero attached hydrogens (tertiary/aromatic N) is 2. The zero-order valence-corrected chi connectivity index (χ0v) is 10.6. The van der Waals surface area contributed by atoms with Crippen LogP contribution in [-0.4, -0.2) is 9.78 Å². The molecule has 0 aliphatic rings. The number of hydrogen-bond acceptors (Lipinski definition) is 1. The van der Waals surface area contributed by atoms with E-state index in [0.717, 1.165) is 0 Å². The SMILES string of the molecule is Fc1c(F)c(F)c(-n2nc(C(F)(F)F)cc2C(F)(F)F)c(F)c1F. The smallest absolute Gasteiger partial charge is 0.222 e. The Morgan fingerprint density at radius 1 is 0.667 bits per heavy atom. The van der Waals surface area contributed by atoms with Gasteiger partial charge in [-0.25, -0.2) is 26.6 Å². The van der Waals surface area contributed by atoms with E-state index in [9.17, 15) is 48.3 Å². The molecule has 13 heteroatoms. The largest absolute Gasteiger partial charge is 0.435 e. The predicted octanol–water partition coefficient (Wildman–Crippen LogP) is 4.61. The number of benzene rings is 1. The lowest BCUT2D eigenvalue weighted by Crippen LogP contribution is -2.18. The van der Waals surface area contributed by atoms with Crippen molar-refractivity contribution in [3.05, 3.63) is 46.5 Å². The van der Waals surface area contributed by atoms with Gasteiger partial charge in [-0.05, 0) is 0 Å². The molecular weight excluding hydrogens is 369 g/mol. The average molecular weight is 370 g/mol. The van der Waals surface area contributed by atoms with Gasteiger partial charge in [0.15, 0.2) is 29.0 Å². The first-order valence-electron chi connectivity index (χ1n) is 5.53. The molecule has 132 valence electrons. The Morgan fingerprint density at radius 3 is 1.46 bits per heavy atom. The van der Waals surface area contributed by atoms with E-state index >= 15 is 0 Å². The van der Waals surface area contributed by atoms with Crippen LogP contribution in [0.1, 0.15) is 11.4 Å². The normalized spacial score (nSPS) is 12.8. The molecule has 24 heavy (non-hydrogen) atoms. The molecule has 0 atom stereocenters. The number of aromatic nitrogens is 2. The van der Waals surface area contributed by atoms with E-state index in [1.165, 1.54) is 0 Å². The fourth-order valence-electron chi connectivity index (χ4n) is 1.67. The van der Waals surface area contributed by atoms with Gasteiger partial charge >= 0.3 is 12.4 Å². The summed E-state index contributed by atoms with van der Waals surface area (Å²) >= 11 is 0. The third-order valence-corrected chi connectivity index (χ3v) is 2.69. The minimum atomic E-state index is -5.63. The summed E-state index contributed by atoms with van der Waals surface area (Å²) in [6, 6.07) is -0.627. The van der Waals surface area contributed by atoms with Crippen LogP contribution in [0.5, 0.6) is 0 Å². The van der Waals surface area contributed by atoms with E-state index < -0.39 is 69.3 Å². The van der Waals surface area contributed by atoms with Crippen molar-refractivity contribution >= 4 is 0 Å². The first-order chi connectivity index (χ1) is 10.8. The molecule has 0 aliphatic heterocycles. The second-order valence-corrected chi connectivity index (χ2v) is 4.24. The maximum absolute atomic E-state index is 13.5. The molecule has 0 saturated heterocycles. The molecule has 0 N–H and O–H groups in total. The van der Waals surface area contributed by atoms with Crippen LogP contribution in [-0.2, 0) is 12.4 Å². The predicted molar refractivity (Wildman–Crippen MR) is 53.4 cm³/mol. The second-order valence-electron chi connectivity index (χ2n) is 4.24. The summed E-state index contributed by atoms with van der Waals surface area (Å²) in [6.07, 6.45) is -11.1. The monoisotopic (exact) mass is 370 g/mol. The fraction of sp³-hybridized carbons (Fsp3) is 0.182. The zero-order valence-electron chi connectivity index (χ0n) is 10.6. The van der Waals surface area contributed by atoms with Crippen LogP contribution >= 0.6 is 0 Å². The highest BCUT2D eigenvalue weighted by atomic mass is 19.4. The van der Waals surface area contributed by atoms with Crippen molar-refractivity contribution < 1.29 is 48.3 Å². The van der Waals surface area contributed by atoms with E-state index in [-0.39, 0.29) is 0 Å². The first kappa shape index (κ1) is 18.0. The number of hydrogen-bond donors (Lipinski definition) is 0. The zero-order chi connectivity index (χ0) is 18.6. The lowest BCUT2D eigenvalue weighted by Gasteiger charge is -2.13. The van der Waals surface area contributed by atoms with Crippen molar-refractivity contribution in [3.8, 4) is 5.69 Å². The van der Waals surface area contributed by atoms with Crippen molar-refractivity contribution in [1.29, 1.82) is 0 Å². The minimum absolute atomic E-state index is 0.627. The molecule has 0 radical (unpaired) electrons. The van der Waals surface area contributed by atoms with Gasteiger partial charge < -0.3 is 0 Å². The molecule has 0 saturated carbocycles. The lowest BCUT2D eigenvalue weighted by molar-refractivity contribution is -0.143. The Balaban J connectivity index is 2.90. The summed E-state index contributed by atoms with van der Waals surface area (Å²) in [5.41, 5.74) is -6.90. The Kier molecular flexibility index (Phi) is 4.01. The summed E-state index contributed by atoms with van der Waals surface area (Å²) in [6.45, 7) is 0. The molecule has 1 heterocycles. The Labute approximate surface area is 124 Å². The maximum atomic E-state index is 13.5. The Morgan fingerprint density at radius 2 is 1.08 bits per heavy atom. The number of rotatable bonds is 1. The van der Waals surface area contributed by atoms with E-state index in [4.69, 9.17) is 0 Å². The van der Waals surface area contributed by atoms with Crippen molar-refractivity contribution in [2.24, 2.45) is 0 Å². The van der Waals surface area contributed by atoms with E-state index in [2.05, 4.69) is 5.10 Å². The minimum Gasteiger partial charge on any atom is -0.222 e. The van der Waals surface area contributed by atoms with Crippen LogP contribution in [0.25, 0.3) is 5.69 Å². The third-order valence-electron chi connectivity index (χ3n) is 2.69. The first-order valence-corrected chi connectivity index (χ1v) is 5.53. The highest BCUT2D eigenvalue weighted by Crippen LogP contribution is 2.38. The molecule has 1 aromatic carbocycles. The van der Waals surface area contributed by atoms with Crippen LogP contribution in [0, 0.1) is 29.1 Å². The molecule has 0 amide bonds. The van der Waals surface area contributed by atoms with Crippen molar-refractivity contribution in [3.63, 3.8) is 0 Å².